The van der Waals surface area contributed by atoms with Crippen LogP contribution >= 0.6 is 0 Å². The molecule has 0 saturated carbocycles. The van der Waals surface area contributed by atoms with Gasteiger partial charge in [-0.3, -0.25) is 0 Å². The Labute approximate surface area is 90.7 Å². The predicted octanol–water partition coefficient (Wildman–Crippen LogP) is 3.26. The van der Waals surface area contributed by atoms with E-state index in [2.05, 4.69) is 19.2 Å². The summed E-state index contributed by atoms with van der Waals surface area (Å²) in [6.07, 6.45) is 2.27. The van der Waals surface area contributed by atoms with Crippen molar-refractivity contribution in [3.05, 3.63) is 24.0 Å². The Kier molecular flexibility index (Phi) is 4.40. The Morgan fingerprint density at radius 3 is 2.67 bits per heavy atom. The van der Waals surface area contributed by atoms with Crippen LogP contribution < -0.4 is 11.1 Å². The van der Waals surface area contributed by atoms with Crippen molar-refractivity contribution in [3.63, 3.8) is 0 Å². The number of nitrogens with one attached hydrogen (secondary N) is 1. The fourth-order valence-corrected chi connectivity index (χ4v) is 1.46. The van der Waals surface area contributed by atoms with E-state index in [-0.39, 0.29) is 5.82 Å². The van der Waals surface area contributed by atoms with Gasteiger partial charge in [-0.2, -0.15) is 0 Å². The summed E-state index contributed by atoms with van der Waals surface area (Å²) in [5.74, 6) is 0.422. The molecule has 0 bridgehead atoms. The van der Waals surface area contributed by atoms with Crippen LogP contribution in [0.25, 0.3) is 0 Å². The summed E-state index contributed by atoms with van der Waals surface area (Å²) in [5.41, 5.74) is 6.75. The van der Waals surface area contributed by atoms with Gasteiger partial charge >= 0.3 is 0 Å². The summed E-state index contributed by atoms with van der Waals surface area (Å²) < 4.78 is 12.9. The third-order valence-corrected chi connectivity index (χ3v) is 2.21. The molecule has 0 aliphatic heterocycles. The molecule has 0 unspecified atom stereocenters. The SMILES string of the molecule is CC(C)CCCNc1cc(N)cc(F)c1. The summed E-state index contributed by atoms with van der Waals surface area (Å²) in [6.45, 7) is 5.25. The molecule has 0 spiro atoms. The summed E-state index contributed by atoms with van der Waals surface area (Å²) in [7, 11) is 0. The molecule has 0 amide bonds. The normalized spacial score (nSPS) is 10.7. The third kappa shape index (κ3) is 4.68. The van der Waals surface area contributed by atoms with E-state index in [0.29, 0.717) is 11.6 Å². The van der Waals surface area contributed by atoms with Gasteiger partial charge in [-0.15, -0.1) is 0 Å². The molecule has 3 N–H and O–H groups in total. The number of hydrogen-bond acceptors (Lipinski definition) is 2. The zero-order chi connectivity index (χ0) is 11.3. The van der Waals surface area contributed by atoms with Gasteiger partial charge in [0.1, 0.15) is 5.82 Å². The molecule has 0 atom stereocenters. The van der Waals surface area contributed by atoms with Crippen molar-refractivity contribution in [1.29, 1.82) is 0 Å². The smallest absolute Gasteiger partial charge is 0.127 e. The molecule has 0 aliphatic rings. The maximum atomic E-state index is 12.9. The number of anilines is 2. The zero-order valence-corrected chi connectivity index (χ0v) is 9.39. The predicted molar refractivity (Wildman–Crippen MR) is 63.4 cm³/mol. The van der Waals surface area contributed by atoms with Crippen LogP contribution in [0.1, 0.15) is 26.7 Å². The number of halogens is 1. The van der Waals surface area contributed by atoms with E-state index < -0.39 is 0 Å². The molecule has 0 heterocycles. The van der Waals surface area contributed by atoms with Gasteiger partial charge in [-0.25, -0.2) is 4.39 Å². The highest BCUT2D eigenvalue weighted by Gasteiger charge is 1.98. The quantitative estimate of drug-likeness (QED) is 0.578. The Bertz CT molecular complexity index is 290. The molecular formula is C12H19FN2. The minimum Gasteiger partial charge on any atom is -0.399 e. The van der Waals surface area contributed by atoms with Crippen molar-refractivity contribution in [3.8, 4) is 0 Å². The average molecular weight is 210 g/mol. The highest BCUT2D eigenvalue weighted by atomic mass is 19.1. The molecule has 0 radical (unpaired) electrons. The largest absolute Gasteiger partial charge is 0.399 e. The van der Waals surface area contributed by atoms with E-state index in [1.165, 1.54) is 18.6 Å². The van der Waals surface area contributed by atoms with E-state index in [1.807, 2.05) is 0 Å². The average Bonchev–Trinajstić information content (AvgIpc) is 2.10. The molecule has 1 rings (SSSR count). The Balaban J connectivity index is 2.37. The van der Waals surface area contributed by atoms with E-state index >= 15 is 0 Å². The van der Waals surface area contributed by atoms with E-state index in [4.69, 9.17) is 5.73 Å². The van der Waals surface area contributed by atoms with Crippen LogP contribution in [0, 0.1) is 11.7 Å². The van der Waals surface area contributed by atoms with Crippen LogP contribution in [0.15, 0.2) is 18.2 Å². The van der Waals surface area contributed by atoms with Gasteiger partial charge < -0.3 is 11.1 Å². The van der Waals surface area contributed by atoms with Gasteiger partial charge in [0.05, 0.1) is 0 Å². The highest BCUT2D eigenvalue weighted by molar-refractivity contribution is 5.54. The number of nitrogen functional groups attached to an aromatic ring is 1. The fourth-order valence-electron chi connectivity index (χ4n) is 1.46. The van der Waals surface area contributed by atoms with Crippen LogP contribution in [0.2, 0.25) is 0 Å². The maximum absolute atomic E-state index is 12.9. The Morgan fingerprint density at radius 2 is 2.07 bits per heavy atom. The molecule has 0 aliphatic carbocycles. The fraction of sp³-hybridized carbons (Fsp3) is 0.500. The second-order valence-corrected chi connectivity index (χ2v) is 4.24. The number of hydrogen-bond donors (Lipinski definition) is 2. The molecule has 0 fully saturated rings. The van der Waals surface area contributed by atoms with Crippen LogP contribution in [0.5, 0.6) is 0 Å². The lowest BCUT2D eigenvalue weighted by Gasteiger charge is -2.08. The van der Waals surface area contributed by atoms with Crippen molar-refractivity contribution in [2.24, 2.45) is 5.92 Å². The van der Waals surface area contributed by atoms with Gasteiger partial charge in [0.15, 0.2) is 0 Å². The molecule has 1 aromatic rings. The minimum absolute atomic E-state index is 0.290. The van der Waals surface area contributed by atoms with Crippen molar-refractivity contribution in [1.82, 2.24) is 0 Å². The van der Waals surface area contributed by atoms with E-state index in [1.54, 1.807) is 6.07 Å². The monoisotopic (exact) mass is 210 g/mol. The lowest BCUT2D eigenvalue weighted by molar-refractivity contribution is 0.567. The molecule has 1 aromatic carbocycles. The molecule has 0 aromatic heterocycles. The standard InChI is InChI=1S/C12H19FN2/c1-9(2)4-3-5-15-12-7-10(13)6-11(14)8-12/h6-9,15H,3-5,14H2,1-2H3. The maximum Gasteiger partial charge on any atom is 0.127 e. The molecule has 84 valence electrons. The number of benzene rings is 1. The van der Waals surface area contributed by atoms with Gasteiger partial charge in [0, 0.05) is 17.9 Å². The van der Waals surface area contributed by atoms with E-state index in [0.717, 1.165) is 18.7 Å². The van der Waals surface area contributed by atoms with Gasteiger partial charge in [-0.05, 0) is 37.0 Å². The molecular weight excluding hydrogens is 191 g/mol. The van der Waals surface area contributed by atoms with Gasteiger partial charge in [0.2, 0.25) is 0 Å². The first-order valence-electron chi connectivity index (χ1n) is 5.38. The molecule has 2 nitrogen and oxygen atoms in total. The Hall–Kier alpha value is -1.25. The van der Waals surface area contributed by atoms with Crippen LogP contribution in [0.4, 0.5) is 15.8 Å². The van der Waals surface area contributed by atoms with Crippen LogP contribution in [-0.2, 0) is 0 Å². The van der Waals surface area contributed by atoms with Crippen molar-refractivity contribution in [2.45, 2.75) is 26.7 Å². The third-order valence-electron chi connectivity index (χ3n) is 2.21. The number of nitrogens with two attached hydrogens (primary N) is 1. The van der Waals surface area contributed by atoms with E-state index in [9.17, 15) is 4.39 Å². The highest BCUT2D eigenvalue weighted by Crippen LogP contribution is 2.15. The number of rotatable bonds is 5. The first-order valence-corrected chi connectivity index (χ1v) is 5.38. The summed E-state index contributed by atoms with van der Waals surface area (Å²) in [6, 6.07) is 4.53. The molecule has 15 heavy (non-hydrogen) atoms. The Morgan fingerprint density at radius 1 is 1.33 bits per heavy atom. The second kappa shape index (κ2) is 5.59. The second-order valence-electron chi connectivity index (χ2n) is 4.24. The van der Waals surface area contributed by atoms with Crippen LogP contribution in [-0.4, -0.2) is 6.54 Å². The topological polar surface area (TPSA) is 38.0 Å². The molecule has 0 saturated heterocycles. The molecule has 3 heteroatoms. The van der Waals surface area contributed by atoms with Crippen molar-refractivity contribution in [2.75, 3.05) is 17.6 Å². The summed E-state index contributed by atoms with van der Waals surface area (Å²) in [5, 5.41) is 3.16. The van der Waals surface area contributed by atoms with Gasteiger partial charge in [0.25, 0.3) is 0 Å². The van der Waals surface area contributed by atoms with Crippen LogP contribution in [0.3, 0.4) is 0 Å². The first-order chi connectivity index (χ1) is 7.08. The first kappa shape index (κ1) is 11.8. The van der Waals surface area contributed by atoms with Crippen molar-refractivity contribution >= 4 is 11.4 Å². The minimum atomic E-state index is -0.290. The summed E-state index contributed by atoms with van der Waals surface area (Å²) in [4.78, 5) is 0. The van der Waals surface area contributed by atoms with Crippen molar-refractivity contribution < 1.29 is 4.39 Å². The van der Waals surface area contributed by atoms with Gasteiger partial charge in [-0.1, -0.05) is 13.8 Å². The lowest BCUT2D eigenvalue weighted by atomic mass is 10.1. The summed E-state index contributed by atoms with van der Waals surface area (Å²) >= 11 is 0. The lowest BCUT2D eigenvalue weighted by Crippen LogP contribution is -2.03. The zero-order valence-electron chi connectivity index (χ0n) is 9.39.